The van der Waals surface area contributed by atoms with Gasteiger partial charge in [0, 0.05) is 29.4 Å². The van der Waals surface area contributed by atoms with Crippen LogP contribution in [0.15, 0.2) is 76.7 Å². The lowest BCUT2D eigenvalue weighted by Gasteiger charge is -2.24. The van der Waals surface area contributed by atoms with Gasteiger partial charge >= 0.3 is 0 Å². The number of hydrogen-bond donors (Lipinski definition) is 1. The quantitative estimate of drug-likeness (QED) is 0.398. The average Bonchev–Trinajstić information content (AvgIpc) is 3.39. The molecule has 0 amide bonds. The highest BCUT2D eigenvalue weighted by molar-refractivity contribution is 7.90. The standard InChI is InChI=1S/C26H29N3O4S2/c1-19-26(34(27,30)31)16-25(28(19)17-20-10-4-2-5-11-20)23-18-29(24-15-9-8-14-22(23)24)35(32,33)21-12-6-3-7-13-21/h3,6-9,12-16,18,20H,2,4-5,10-11,17H2,1H3,(H2,27,30,31). The van der Waals surface area contributed by atoms with Crippen molar-refractivity contribution >= 4 is 30.9 Å². The molecule has 0 aliphatic heterocycles. The summed E-state index contributed by atoms with van der Waals surface area (Å²) in [5.41, 5.74) is 2.44. The van der Waals surface area contributed by atoms with Gasteiger partial charge in [-0.2, -0.15) is 0 Å². The number of primary sulfonamides is 1. The molecule has 1 fully saturated rings. The molecule has 9 heteroatoms. The summed E-state index contributed by atoms with van der Waals surface area (Å²) < 4.78 is 55.3. The van der Waals surface area contributed by atoms with Crippen molar-refractivity contribution in [1.82, 2.24) is 8.54 Å². The molecule has 0 saturated heterocycles. The smallest absolute Gasteiger partial charge is 0.268 e. The minimum Gasteiger partial charge on any atom is -0.343 e. The summed E-state index contributed by atoms with van der Waals surface area (Å²) in [5, 5.41) is 6.30. The maximum Gasteiger partial charge on any atom is 0.268 e. The van der Waals surface area contributed by atoms with Gasteiger partial charge in [-0.25, -0.2) is 25.9 Å². The molecule has 2 N–H and O–H groups in total. The molecule has 184 valence electrons. The van der Waals surface area contributed by atoms with Gasteiger partial charge in [0.1, 0.15) is 4.90 Å². The van der Waals surface area contributed by atoms with E-state index in [1.807, 2.05) is 16.7 Å². The molecule has 0 spiro atoms. The first-order valence-corrected chi connectivity index (χ1v) is 14.8. The summed E-state index contributed by atoms with van der Waals surface area (Å²) in [5.74, 6) is 0.434. The summed E-state index contributed by atoms with van der Waals surface area (Å²) in [4.78, 5) is 0.261. The van der Waals surface area contributed by atoms with Crippen molar-refractivity contribution in [3.05, 3.63) is 72.6 Å². The number of fused-ring (bicyclic) bond motifs is 1. The second kappa shape index (κ2) is 8.96. The number of sulfonamides is 1. The molecule has 7 nitrogen and oxygen atoms in total. The molecule has 1 aliphatic carbocycles. The molecule has 0 bridgehead atoms. The van der Waals surface area contributed by atoms with E-state index in [2.05, 4.69) is 0 Å². The van der Waals surface area contributed by atoms with Crippen molar-refractivity contribution in [2.45, 2.75) is 55.4 Å². The molecule has 0 atom stereocenters. The molecule has 0 unspecified atom stereocenters. The predicted octanol–water partition coefficient (Wildman–Crippen LogP) is 4.88. The van der Waals surface area contributed by atoms with Crippen LogP contribution in [-0.2, 0) is 26.6 Å². The third-order valence-corrected chi connectivity index (χ3v) is 9.76. The van der Waals surface area contributed by atoms with E-state index in [0.717, 1.165) is 31.1 Å². The summed E-state index contributed by atoms with van der Waals surface area (Å²) in [6.45, 7) is 2.44. The van der Waals surface area contributed by atoms with Gasteiger partial charge in [0.25, 0.3) is 10.0 Å². The fourth-order valence-electron chi connectivity index (χ4n) is 5.25. The van der Waals surface area contributed by atoms with Gasteiger partial charge in [0.05, 0.1) is 16.1 Å². The fraction of sp³-hybridized carbons (Fsp3) is 0.308. The van der Waals surface area contributed by atoms with Crippen LogP contribution in [0.25, 0.3) is 22.2 Å². The van der Waals surface area contributed by atoms with Crippen LogP contribution in [0.3, 0.4) is 0 Å². The van der Waals surface area contributed by atoms with Gasteiger partial charge in [-0.3, -0.25) is 0 Å². The summed E-state index contributed by atoms with van der Waals surface area (Å²) >= 11 is 0. The highest BCUT2D eigenvalue weighted by Gasteiger charge is 2.27. The van der Waals surface area contributed by atoms with Crippen LogP contribution in [0.4, 0.5) is 0 Å². The van der Waals surface area contributed by atoms with Crippen molar-refractivity contribution in [3.63, 3.8) is 0 Å². The van der Waals surface area contributed by atoms with Crippen LogP contribution >= 0.6 is 0 Å². The Morgan fingerprint density at radius 1 is 0.914 bits per heavy atom. The Kier molecular flexibility index (Phi) is 6.11. The Labute approximate surface area is 206 Å². The second-order valence-corrected chi connectivity index (χ2v) is 12.7. The van der Waals surface area contributed by atoms with Gasteiger partial charge in [-0.1, -0.05) is 55.7 Å². The zero-order valence-corrected chi connectivity index (χ0v) is 21.2. The number of benzene rings is 2. The van der Waals surface area contributed by atoms with E-state index in [4.69, 9.17) is 5.14 Å². The van der Waals surface area contributed by atoms with Gasteiger partial charge in [-0.05, 0) is 49.9 Å². The fourth-order valence-corrected chi connectivity index (χ4v) is 7.44. The van der Waals surface area contributed by atoms with Crippen LogP contribution in [0, 0.1) is 12.8 Å². The molecule has 0 radical (unpaired) electrons. The number of para-hydroxylation sites is 1. The number of hydrogen-bond acceptors (Lipinski definition) is 4. The molecule has 1 saturated carbocycles. The molecule has 35 heavy (non-hydrogen) atoms. The van der Waals surface area contributed by atoms with E-state index < -0.39 is 20.0 Å². The molecule has 1 aliphatic rings. The molecule has 2 aromatic carbocycles. The van der Waals surface area contributed by atoms with E-state index in [9.17, 15) is 16.8 Å². The van der Waals surface area contributed by atoms with E-state index in [1.54, 1.807) is 61.7 Å². The van der Waals surface area contributed by atoms with Gasteiger partial charge < -0.3 is 4.57 Å². The normalized spacial score (nSPS) is 15.6. The van der Waals surface area contributed by atoms with Gasteiger partial charge in [0.2, 0.25) is 10.0 Å². The molecule has 4 aromatic rings. The lowest BCUT2D eigenvalue weighted by molar-refractivity contribution is 0.318. The van der Waals surface area contributed by atoms with Gasteiger partial charge in [0.15, 0.2) is 0 Å². The van der Waals surface area contributed by atoms with Crippen molar-refractivity contribution in [1.29, 1.82) is 0 Å². The zero-order chi connectivity index (χ0) is 24.8. The Morgan fingerprint density at radius 3 is 2.26 bits per heavy atom. The highest BCUT2D eigenvalue weighted by atomic mass is 32.2. The first-order valence-electron chi connectivity index (χ1n) is 11.8. The number of nitrogens with two attached hydrogens (primary N) is 1. The molecule has 2 aromatic heterocycles. The van der Waals surface area contributed by atoms with Crippen molar-refractivity contribution < 1.29 is 16.8 Å². The van der Waals surface area contributed by atoms with Crippen LogP contribution in [0.1, 0.15) is 37.8 Å². The summed E-state index contributed by atoms with van der Waals surface area (Å²) in [6, 6.07) is 17.2. The highest BCUT2D eigenvalue weighted by Crippen LogP contribution is 2.37. The van der Waals surface area contributed by atoms with E-state index >= 15 is 0 Å². The first-order chi connectivity index (χ1) is 16.7. The Morgan fingerprint density at radius 2 is 1.57 bits per heavy atom. The maximum atomic E-state index is 13.6. The SMILES string of the molecule is Cc1c(S(N)(=O)=O)cc(-c2cn(S(=O)(=O)c3ccccc3)c3ccccc23)n1CC1CCCCC1. The number of nitrogens with zero attached hydrogens (tertiary/aromatic N) is 2. The molecule has 2 heterocycles. The minimum atomic E-state index is -3.95. The predicted molar refractivity (Wildman–Crippen MR) is 137 cm³/mol. The average molecular weight is 512 g/mol. The second-order valence-electron chi connectivity index (χ2n) is 9.31. The van der Waals surface area contributed by atoms with E-state index in [1.165, 1.54) is 10.4 Å². The lowest BCUT2D eigenvalue weighted by atomic mass is 9.89. The molecule has 5 rings (SSSR count). The Hall–Kier alpha value is -2.88. The van der Waals surface area contributed by atoms with Crippen molar-refractivity contribution in [3.8, 4) is 11.3 Å². The summed E-state index contributed by atoms with van der Waals surface area (Å²) in [7, 11) is -7.81. The minimum absolute atomic E-state index is 0.0751. The maximum absolute atomic E-state index is 13.6. The molecular weight excluding hydrogens is 482 g/mol. The third-order valence-electron chi connectivity index (χ3n) is 7.05. The topological polar surface area (TPSA) is 104 Å². The monoisotopic (exact) mass is 511 g/mol. The Balaban J connectivity index is 1.74. The van der Waals surface area contributed by atoms with Gasteiger partial charge in [-0.15, -0.1) is 0 Å². The Bertz CT molecular complexity index is 1590. The van der Waals surface area contributed by atoms with Crippen molar-refractivity contribution in [2.24, 2.45) is 11.1 Å². The van der Waals surface area contributed by atoms with E-state index in [-0.39, 0.29) is 9.79 Å². The van der Waals surface area contributed by atoms with Crippen LogP contribution in [0.5, 0.6) is 0 Å². The third kappa shape index (κ3) is 4.32. The van der Waals surface area contributed by atoms with E-state index in [0.29, 0.717) is 34.9 Å². The van der Waals surface area contributed by atoms with Crippen molar-refractivity contribution in [2.75, 3.05) is 0 Å². The zero-order valence-electron chi connectivity index (χ0n) is 19.6. The van der Waals surface area contributed by atoms with Crippen LogP contribution < -0.4 is 5.14 Å². The first kappa shape index (κ1) is 23.8. The number of aromatic nitrogens is 2. The number of rotatable bonds is 6. The van der Waals surface area contributed by atoms with Crippen LogP contribution in [-0.4, -0.2) is 25.4 Å². The molecular formula is C26H29N3O4S2. The largest absolute Gasteiger partial charge is 0.343 e. The van der Waals surface area contributed by atoms with Crippen LogP contribution in [0.2, 0.25) is 0 Å². The summed E-state index contributed by atoms with van der Waals surface area (Å²) in [6.07, 6.45) is 7.33. The lowest BCUT2D eigenvalue weighted by Crippen LogP contribution is -2.17.